The van der Waals surface area contributed by atoms with E-state index in [1.165, 1.54) is 6.42 Å². The molecule has 6 heterocycles. The number of nitrogens with one attached hydrogen (secondary N) is 1. The number of likely N-dealkylation sites (tertiary alicyclic amines) is 1. The molecule has 0 radical (unpaired) electrons. The van der Waals surface area contributed by atoms with Crippen molar-refractivity contribution in [1.29, 1.82) is 0 Å². The van der Waals surface area contributed by atoms with E-state index >= 15 is 0 Å². The van der Waals surface area contributed by atoms with E-state index in [9.17, 15) is 0 Å². The van der Waals surface area contributed by atoms with Gasteiger partial charge in [-0.25, -0.2) is 15.0 Å². The van der Waals surface area contributed by atoms with Crippen molar-refractivity contribution in [3.8, 4) is 10.7 Å². The van der Waals surface area contributed by atoms with Crippen LogP contribution in [0, 0.1) is 13.8 Å². The van der Waals surface area contributed by atoms with Gasteiger partial charge in [-0.15, -0.1) is 11.3 Å². The molecule has 0 spiro atoms. The van der Waals surface area contributed by atoms with Gasteiger partial charge in [0.15, 0.2) is 11.6 Å². The molecule has 4 aromatic rings. The molecule has 4 aromatic heterocycles. The number of fused-ring (bicyclic) bond motifs is 3. The monoisotopic (exact) mass is 444 g/mol. The smallest absolute Gasteiger partial charge is 0.152 e. The summed E-state index contributed by atoms with van der Waals surface area (Å²) in [5, 5.41) is 4.23. The second-order valence-corrected chi connectivity index (χ2v) is 9.68. The Morgan fingerprint density at radius 3 is 2.72 bits per heavy atom. The first-order valence-electron chi connectivity index (χ1n) is 10.8. The second kappa shape index (κ2) is 7.46. The lowest BCUT2D eigenvalue weighted by Crippen LogP contribution is -2.45. The van der Waals surface area contributed by atoms with Crippen LogP contribution < -0.4 is 10.2 Å². The summed E-state index contributed by atoms with van der Waals surface area (Å²) in [4.78, 5) is 28.2. The third kappa shape index (κ3) is 3.28. The molecular weight excluding hydrogens is 420 g/mol. The molecule has 162 valence electrons. The van der Waals surface area contributed by atoms with E-state index in [4.69, 9.17) is 9.97 Å². The van der Waals surface area contributed by atoms with Gasteiger partial charge in [0.05, 0.1) is 22.1 Å². The summed E-state index contributed by atoms with van der Waals surface area (Å²) in [6, 6.07) is 7.09. The minimum absolute atomic E-state index is 0.520. The van der Waals surface area contributed by atoms with Crippen LogP contribution in [-0.2, 0) is 0 Å². The lowest BCUT2D eigenvalue weighted by atomic mass is 10.2. The molecule has 0 amide bonds. The largest absolute Gasteiger partial charge is 0.349 e. The van der Waals surface area contributed by atoms with Crippen molar-refractivity contribution in [2.75, 3.05) is 30.4 Å². The average molecular weight is 445 g/mol. The SMILES string of the molecule is Cc1cccnc1-c1nc2cc(Nc3cnc(C)c(N4C[C@@H]5C[C@H]4CN5C)n3)ncc2s1. The summed E-state index contributed by atoms with van der Waals surface area (Å²) in [5.74, 6) is 2.38. The van der Waals surface area contributed by atoms with Gasteiger partial charge in [-0.05, 0) is 38.9 Å². The maximum absolute atomic E-state index is 4.90. The van der Waals surface area contributed by atoms with Crippen LogP contribution in [0.1, 0.15) is 17.7 Å². The number of nitrogens with zero attached hydrogens (tertiary/aromatic N) is 7. The second-order valence-electron chi connectivity index (χ2n) is 8.65. The van der Waals surface area contributed by atoms with Crippen LogP contribution in [0.2, 0.25) is 0 Å². The predicted molar refractivity (Wildman–Crippen MR) is 128 cm³/mol. The maximum atomic E-state index is 4.90. The molecule has 6 rings (SSSR count). The zero-order chi connectivity index (χ0) is 21.8. The Balaban J connectivity index is 1.27. The summed E-state index contributed by atoms with van der Waals surface area (Å²) in [7, 11) is 2.21. The Bertz CT molecular complexity index is 1320. The van der Waals surface area contributed by atoms with Gasteiger partial charge in [0.2, 0.25) is 0 Å². The number of likely N-dealkylation sites (N-methyl/N-ethyl adjacent to an activating group) is 1. The first-order chi connectivity index (χ1) is 15.5. The molecule has 2 atom stereocenters. The summed E-state index contributed by atoms with van der Waals surface area (Å²) >= 11 is 1.61. The quantitative estimate of drug-likeness (QED) is 0.509. The van der Waals surface area contributed by atoms with Gasteiger partial charge in [-0.2, -0.15) is 0 Å². The van der Waals surface area contributed by atoms with E-state index in [0.29, 0.717) is 23.7 Å². The lowest BCUT2D eigenvalue weighted by Gasteiger charge is -2.33. The molecule has 8 nitrogen and oxygen atoms in total. The zero-order valence-corrected chi connectivity index (χ0v) is 19.1. The molecule has 1 N–H and O–H groups in total. The molecular formula is C23H24N8S. The van der Waals surface area contributed by atoms with Crippen molar-refractivity contribution in [3.05, 3.63) is 48.0 Å². The summed E-state index contributed by atoms with van der Waals surface area (Å²) in [6.45, 7) is 6.18. The zero-order valence-electron chi connectivity index (χ0n) is 18.3. The number of thiazole rings is 1. The van der Waals surface area contributed by atoms with E-state index in [0.717, 1.165) is 51.1 Å². The molecule has 2 aliphatic rings. The van der Waals surface area contributed by atoms with Gasteiger partial charge in [0.1, 0.15) is 16.5 Å². The Labute approximate surface area is 190 Å². The van der Waals surface area contributed by atoms with E-state index in [-0.39, 0.29) is 0 Å². The fraction of sp³-hybridized carbons (Fsp3) is 0.348. The number of hydrogen-bond donors (Lipinski definition) is 1. The average Bonchev–Trinajstić information content (AvgIpc) is 3.48. The molecule has 0 unspecified atom stereocenters. The fourth-order valence-corrected chi connectivity index (χ4v) is 5.72. The molecule has 0 aromatic carbocycles. The molecule has 2 aliphatic heterocycles. The van der Waals surface area contributed by atoms with Crippen LogP contribution in [-0.4, -0.2) is 62.0 Å². The van der Waals surface area contributed by atoms with E-state index < -0.39 is 0 Å². The highest BCUT2D eigenvalue weighted by Gasteiger charge is 2.42. The van der Waals surface area contributed by atoms with Gasteiger partial charge in [0.25, 0.3) is 0 Å². The highest BCUT2D eigenvalue weighted by atomic mass is 32.1. The number of aryl methyl sites for hydroxylation is 2. The summed E-state index contributed by atoms with van der Waals surface area (Å²) < 4.78 is 1.03. The van der Waals surface area contributed by atoms with Gasteiger partial charge in [-0.1, -0.05) is 6.07 Å². The van der Waals surface area contributed by atoms with Gasteiger partial charge >= 0.3 is 0 Å². The first-order valence-corrected chi connectivity index (χ1v) is 11.6. The maximum Gasteiger partial charge on any atom is 0.152 e. The van der Waals surface area contributed by atoms with Crippen molar-refractivity contribution in [1.82, 2.24) is 29.8 Å². The molecule has 2 fully saturated rings. The Hall–Kier alpha value is -3.17. The number of anilines is 3. The molecule has 32 heavy (non-hydrogen) atoms. The van der Waals surface area contributed by atoms with Gasteiger partial charge < -0.3 is 10.2 Å². The fourth-order valence-electron chi connectivity index (χ4n) is 4.74. The van der Waals surface area contributed by atoms with Crippen molar-refractivity contribution in [2.24, 2.45) is 0 Å². The minimum Gasteiger partial charge on any atom is -0.349 e. The summed E-state index contributed by atoms with van der Waals surface area (Å²) in [6.07, 6.45) is 6.64. The standard InChI is InChI=1S/C23H24N8S/c1-13-5-4-6-24-21(13)23-27-17-8-19(26-9-18(17)32-23)28-20-10-25-14(2)22(29-20)31-12-15-7-16(31)11-30(15)3/h4-6,8-10,15-16H,7,11-12H2,1-3H3,(H,26,28,29)/t15-,16-/m0/s1. The van der Waals surface area contributed by atoms with Crippen LogP contribution in [0.4, 0.5) is 17.5 Å². The minimum atomic E-state index is 0.520. The molecule has 2 bridgehead atoms. The number of hydrogen-bond acceptors (Lipinski definition) is 9. The van der Waals surface area contributed by atoms with E-state index in [1.807, 2.05) is 25.3 Å². The molecule has 0 aliphatic carbocycles. The van der Waals surface area contributed by atoms with E-state index in [1.54, 1.807) is 23.7 Å². The number of aromatic nitrogens is 5. The Morgan fingerprint density at radius 1 is 1.03 bits per heavy atom. The Morgan fingerprint density at radius 2 is 1.94 bits per heavy atom. The van der Waals surface area contributed by atoms with Crippen LogP contribution >= 0.6 is 11.3 Å². The molecule has 2 saturated heterocycles. The normalized spacial score (nSPS) is 20.4. The van der Waals surface area contributed by atoms with Crippen molar-refractivity contribution < 1.29 is 0 Å². The van der Waals surface area contributed by atoms with Crippen LogP contribution in [0.3, 0.4) is 0 Å². The van der Waals surface area contributed by atoms with Crippen molar-refractivity contribution in [2.45, 2.75) is 32.4 Å². The van der Waals surface area contributed by atoms with Crippen molar-refractivity contribution >= 4 is 39.0 Å². The number of piperazine rings is 1. The molecule has 0 saturated carbocycles. The van der Waals surface area contributed by atoms with E-state index in [2.05, 4.69) is 50.1 Å². The predicted octanol–water partition coefficient (Wildman–Crippen LogP) is 3.80. The number of rotatable bonds is 4. The molecule has 9 heteroatoms. The van der Waals surface area contributed by atoms with Gasteiger partial charge in [0, 0.05) is 43.6 Å². The third-order valence-electron chi connectivity index (χ3n) is 6.46. The topological polar surface area (TPSA) is 83.0 Å². The lowest BCUT2D eigenvalue weighted by molar-refractivity contribution is 0.292. The highest BCUT2D eigenvalue weighted by molar-refractivity contribution is 7.21. The van der Waals surface area contributed by atoms with Crippen LogP contribution in [0.15, 0.2) is 36.8 Å². The number of pyridine rings is 2. The highest BCUT2D eigenvalue weighted by Crippen LogP contribution is 2.35. The summed E-state index contributed by atoms with van der Waals surface area (Å²) in [5.41, 5.74) is 3.89. The Kier molecular flexibility index (Phi) is 4.55. The van der Waals surface area contributed by atoms with Gasteiger partial charge in [-0.3, -0.25) is 14.9 Å². The third-order valence-corrected chi connectivity index (χ3v) is 7.47. The van der Waals surface area contributed by atoms with Crippen LogP contribution in [0.25, 0.3) is 20.9 Å². The first kappa shape index (κ1) is 19.5. The van der Waals surface area contributed by atoms with Crippen LogP contribution in [0.5, 0.6) is 0 Å². The van der Waals surface area contributed by atoms with Crippen molar-refractivity contribution in [3.63, 3.8) is 0 Å².